The van der Waals surface area contributed by atoms with Gasteiger partial charge in [0.1, 0.15) is 5.82 Å². The van der Waals surface area contributed by atoms with Crippen LogP contribution in [-0.4, -0.2) is 37.0 Å². The van der Waals surface area contributed by atoms with E-state index >= 15 is 0 Å². The van der Waals surface area contributed by atoms with Gasteiger partial charge in [0.05, 0.1) is 11.3 Å². The Hall–Kier alpha value is -2.53. The fraction of sp³-hybridized carbons (Fsp3) is 0.211. The Morgan fingerprint density at radius 2 is 1.76 bits per heavy atom. The molecule has 25 heavy (non-hydrogen) atoms. The average Bonchev–Trinajstić information content (AvgIpc) is 2.91. The number of carbonyl (C=O) groups is 1. The number of hydrogen-bond acceptors (Lipinski definition) is 3. The molecule has 2 aliphatic heterocycles. The molecule has 0 unspecified atom stereocenters. The van der Waals surface area contributed by atoms with E-state index in [4.69, 9.17) is 11.6 Å². The normalized spacial score (nSPS) is 18.5. The Bertz CT molecular complexity index is 842. The van der Waals surface area contributed by atoms with E-state index in [-0.39, 0.29) is 11.7 Å². The Morgan fingerprint density at radius 3 is 2.48 bits per heavy atom. The van der Waals surface area contributed by atoms with Crippen molar-refractivity contribution in [2.75, 3.05) is 36.4 Å². The average molecular weight is 358 g/mol. The van der Waals surface area contributed by atoms with Crippen molar-refractivity contribution < 1.29 is 9.18 Å². The highest BCUT2D eigenvalue weighted by molar-refractivity contribution is 6.34. The molecular formula is C19H17ClFN3O. The molecule has 1 amide bonds. The first-order valence-electron chi connectivity index (χ1n) is 8.18. The second-order valence-electron chi connectivity index (χ2n) is 6.19. The molecule has 4 rings (SSSR count). The quantitative estimate of drug-likeness (QED) is 0.834. The molecule has 2 aliphatic rings. The Kier molecular flexibility index (Phi) is 4.09. The molecule has 4 nitrogen and oxygen atoms in total. The van der Waals surface area contributed by atoms with E-state index in [1.807, 2.05) is 12.3 Å². The molecule has 2 aromatic carbocycles. The Labute approximate surface area is 150 Å². The van der Waals surface area contributed by atoms with Gasteiger partial charge in [0.25, 0.3) is 5.91 Å². The summed E-state index contributed by atoms with van der Waals surface area (Å²) in [6.07, 6.45) is 1.93. The summed E-state index contributed by atoms with van der Waals surface area (Å²) < 4.78 is 13.0. The van der Waals surface area contributed by atoms with E-state index < -0.39 is 0 Å². The maximum absolute atomic E-state index is 13.0. The monoisotopic (exact) mass is 357 g/mol. The number of amides is 1. The van der Waals surface area contributed by atoms with Gasteiger partial charge in [-0.3, -0.25) is 4.79 Å². The number of carbonyl (C=O) groups excluding carboxylic acids is 1. The van der Waals surface area contributed by atoms with Gasteiger partial charge in [0, 0.05) is 48.7 Å². The van der Waals surface area contributed by atoms with Crippen LogP contribution in [0.15, 0.2) is 48.7 Å². The lowest BCUT2D eigenvalue weighted by Gasteiger charge is -2.35. The highest BCUT2D eigenvalue weighted by Crippen LogP contribution is 2.34. The largest absolute Gasteiger partial charge is 0.373 e. The molecular weight excluding hydrogens is 341 g/mol. The van der Waals surface area contributed by atoms with Crippen LogP contribution in [0.1, 0.15) is 5.56 Å². The number of halogens is 2. The number of nitrogens with zero attached hydrogens (tertiary/aromatic N) is 2. The van der Waals surface area contributed by atoms with Crippen molar-refractivity contribution in [1.82, 2.24) is 4.90 Å². The predicted octanol–water partition coefficient (Wildman–Crippen LogP) is 3.59. The number of piperazine rings is 1. The van der Waals surface area contributed by atoms with Gasteiger partial charge in [-0.1, -0.05) is 17.7 Å². The Balaban J connectivity index is 1.47. The van der Waals surface area contributed by atoms with Crippen molar-refractivity contribution >= 4 is 34.5 Å². The molecule has 1 saturated heterocycles. The minimum absolute atomic E-state index is 0.0989. The summed E-state index contributed by atoms with van der Waals surface area (Å²) in [5.74, 6) is -0.323. The molecule has 1 fully saturated rings. The minimum Gasteiger partial charge on any atom is -0.373 e. The number of anilines is 2. The second-order valence-corrected chi connectivity index (χ2v) is 6.62. The van der Waals surface area contributed by atoms with Crippen LogP contribution in [0.3, 0.4) is 0 Å². The van der Waals surface area contributed by atoms with Gasteiger partial charge in [-0.05, 0) is 36.4 Å². The standard InChI is InChI=1S/C19H17ClFN3O/c20-13-1-6-16-17(19(25)22-18(16)11-13)12-23-7-9-24(10-8-23)15-4-2-14(21)3-5-15/h1-6,11-12H,7-10H2,(H,22,25)/b17-12+. The fourth-order valence-corrected chi connectivity index (χ4v) is 3.41. The van der Waals surface area contributed by atoms with Gasteiger partial charge in [-0.25, -0.2) is 4.39 Å². The zero-order chi connectivity index (χ0) is 17.4. The lowest BCUT2D eigenvalue weighted by atomic mass is 10.1. The molecule has 0 saturated carbocycles. The topological polar surface area (TPSA) is 35.6 Å². The SMILES string of the molecule is O=C1Nc2cc(Cl)ccc2/C1=C\N1CCN(c2ccc(F)cc2)CC1. The highest BCUT2D eigenvalue weighted by Gasteiger charge is 2.26. The zero-order valence-corrected chi connectivity index (χ0v) is 14.3. The third kappa shape index (κ3) is 3.20. The first-order valence-corrected chi connectivity index (χ1v) is 8.55. The summed E-state index contributed by atoms with van der Waals surface area (Å²) in [5.41, 5.74) is 3.33. The van der Waals surface area contributed by atoms with Crippen molar-refractivity contribution in [2.45, 2.75) is 0 Å². The highest BCUT2D eigenvalue weighted by atomic mass is 35.5. The smallest absolute Gasteiger partial charge is 0.257 e. The summed E-state index contributed by atoms with van der Waals surface area (Å²) in [5, 5.41) is 3.46. The van der Waals surface area contributed by atoms with Crippen molar-refractivity contribution in [3.05, 3.63) is 65.1 Å². The second kappa shape index (κ2) is 6.41. The first-order chi connectivity index (χ1) is 12.1. The lowest BCUT2D eigenvalue weighted by Crippen LogP contribution is -2.44. The van der Waals surface area contributed by atoms with Gasteiger partial charge >= 0.3 is 0 Å². The molecule has 2 aromatic rings. The molecule has 0 bridgehead atoms. The van der Waals surface area contributed by atoms with Crippen molar-refractivity contribution in [1.29, 1.82) is 0 Å². The van der Waals surface area contributed by atoms with Crippen molar-refractivity contribution in [3.63, 3.8) is 0 Å². The number of nitrogens with one attached hydrogen (secondary N) is 1. The molecule has 128 valence electrons. The number of hydrogen-bond donors (Lipinski definition) is 1. The summed E-state index contributed by atoms with van der Waals surface area (Å²) >= 11 is 5.98. The number of rotatable bonds is 2. The first kappa shape index (κ1) is 16.0. The lowest BCUT2D eigenvalue weighted by molar-refractivity contribution is -0.110. The van der Waals surface area contributed by atoms with Crippen LogP contribution in [0.5, 0.6) is 0 Å². The van der Waals surface area contributed by atoms with E-state index in [0.717, 1.165) is 43.1 Å². The minimum atomic E-state index is -0.224. The van der Waals surface area contributed by atoms with Crippen LogP contribution in [0.4, 0.5) is 15.8 Å². The maximum Gasteiger partial charge on any atom is 0.257 e. The molecule has 0 radical (unpaired) electrons. The van der Waals surface area contributed by atoms with E-state index in [0.29, 0.717) is 10.6 Å². The van der Waals surface area contributed by atoms with Crippen LogP contribution < -0.4 is 10.2 Å². The van der Waals surface area contributed by atoms with Crippen LogP contribution in [0.2, 0.25) is 5.02 Å². The molecule has 0 atom stereocenters. The van der Waals surface area contributed by atoms with Gasteiger partial charge < -0.3 is 15.1 Å². The molecule has 0 aromatic heterocycles. The van der Waals surface area contributed by atoms with E-state index in [1.165, 1.54) is 12.1 Å². The van der Waals surface area contributed by atoms with Crippen LogP contribution in [0, 0.1) is 5.82 Å². The maximum atomic E-state index is 13.0. The third-order valence-electron chi connectivity index (χ3n) is 4.58. The summed E-state index contributed by atoms with van der Waals surface area (Å²) in [6, 6.07) is 12.0. The van der Waals surface area contributed by atoms with Crippen molar-refractivity contribution in [2.24, 2.45) is 0 Å². The van der Waals surface area contributed by atoms with E-state index in [2.05, 4.69) is 15.1 Å². The van der Waals surface area contributed by atoms with Crippen molar-refractivity contribution in [3.8, 4) is 0 Å². The summed E-state index contributed by atoms with van der Waals surface area (Å²) in [6.45, 7) is 3.25. The predicted molar refractivity (Wildman–Crippen MR) is 98.2 cm³/mol. The van der Waals surface area contributed by atoms with Gasteiger partial charge in [0.15, 0.2) is 0 Å². The van der Waals surface area contributed by atoms with Crippen LogP contribution in [0.25, 0.3) is 5.57 Å². The molecule has 6 heteroatoms. The number of fused-ring (bicyclic) bond motifs is 1. The van der Waals surface area contributed by atoms with Gasteiger partial charge in [-0.15, -0.1) is 0 Å². The summed E-state index contributed by atoms with van der Waals surface area (Å²) in [7, 11) is 0. The molecule has 1 N–H and O–H groups in total. The van der Waals surface area contributed by atoms with Crippen LogP contribution >= 0.6 is 11.6 Å². The van der Waals surface area contributed by atoms with E-state index in [9.17, 15) is 9.18 Å². The molecule has 2 heterocycles. The Morgan fingerprint density at radius 1 is 1.04 bits per heavy atom. The number of benzene rings is 2. The third-order valence-corrected chi connectivity index (χ3v) is 4.82. The van der Waals surface area contributed by atoms with Crippen LogP contribution in [-0.2, 0) is 4.79 Å². The van der Waals surface area contributed by atoms with Gasteiger partial charge in [0.2, 0.25) is 0 Å². The van der Waals surface area contributed by atoms with Gasteiger partial charge in [-0.2, -0.15) is 0 Å². The fourth-order valence-electron chi connectivity index (χ4n) is 3.24. The zero-order valence-electron chi connectivity index (χ0n) is 13.5. The van der Waals surface area contributed by atoms with E-state index in [1.54, 1.807) is 24.3 Å². The molecule has 0 aliphatic carbocycles. The summed E-state index contributed by atoms with van der Waals surface area (Å²) in [4.78, 5) is 16.6. The molecule has 0 spiro atoms.